The minimum Gasteiger partial charge on any atom is -0.448 e. The van der Waals surface area contributed by atoms with Crippen LogP contribution < -0.4 is 0 Å². The van der Waals surface area contributed by atoms with Gasteiger partial charge in [0.1, 0.15) is 0 Å². The van der Waals surface area contributed by atoms with E-state index < -0.39 is 6.16 Å². The topological polar surface area (TPSA) is 62.7 Å². The molecule has 0 spiro atoms. The Balaban J connectivity index is 2.09. The number of aromatic nitrogens is 1. The van der Waals surface area contributed by atoms with Gasteiger partial charge >= 0.3 is 6.16 Å². The number of carboxylic acid groups (broad SMARTS) is 1. The highest BCUT2D eigenvalue weighted by atomic mass is 16.8. The van der Waals surface area contributed by atoms with Crippen LogP contribution in [-0.4, -0.2) is 21.3 Å². The Bertz CT molecular complexity index is 315. The summed E-state index contributed by atoms with van der Waals surface area (Å²) in [5, 5.41) is 9.73. The second-order valence-electron chi connectivity index (χ2n) is 2.76. The molecule has 5 nitrogen and oxygen atoms in total. The summed E-state index contributed by atoms with van der Waals surface area (Å²) in [5.74, 6) is 0. The van der Waals surface area contributed by atoms with E-state index in [4.69, 9.17) is 5.11 Å². The average Bonchev–Trinajstić information content (AvgIpc) is 2.44. The summed E-state index contributed by atoms with van der Waals surface area (Å²) in [7, 11) is 0. The molecular weight excluding hydrogens is 172 g/mol. The van der Waals surface area contributed by atoms with Crippen LogP contribution in [0, 0.1) is 0 Å². The number of rotatable bonds is 1. The number of hydrogen-bond acceptors (Lipinski definition) is 4. The number of hydroxylamine groups is 2. The van der Waals surface area contributed by atoms with E-state index in [9.17, 15) is 4.79 Å². The van der Waals surface area contributed by atoms with E-state index in [0.29, 0.717) is 13.1 Å². The van der Waals surface area contributed by atoms with Gasteiger partial charge in [0.2, 0.25) is 0 Å². The number of carbonyl (C=O) groups is 1. The van der Waals surface area contributed by atoms with Crippen LogP contribution >= 0.6 is 0 Å². The van der Waals surface area contributed by atoms with E-state index in [-0.39, 0.29) is 0 Å². The highest BCUT2D eigenvalue weighted by Crippen LogP contribution is 2.19. The van der Waals surface area contributed by atoms with Crippen molar-refractivity contribution in [1.29, 1.82) is 0 Å². The molecule has 2 heterocycles. The van der Waals surface area contributed by atoms with Crippen molar-refractivity contribution in [2.75, 3.05) is 0 Å². The summed E-state index contributed by atoms with van der Waals surface area (Å²) < 4.78 is 0. The van der Waals surface area contributed by atoms with Crippen LogP contribution in [0.1, 0.15) is 11.3 Å². The number of hydrogen-bond donors (Lipinski definition) is 1. The first-order valence-electron chi connectivity index (χ1n) is 3.84. The summed E-state index contributed by atoms with van der Waals surface area (Å²) in [5.41, 5.74) is 1.90. The highest BCUT2D eigenvalue weighted by Gasteiger charge is 2.22. The molecule has 1 aromatic heterocycles. The van der Waals surface area contributed by atoms with Crippen molar-refractivity contribution < 1.29 is 14.7 Å². The van der Waals surface area contributed by atoms with E-state index >= 15 is 0 Å². The molecule has 0 radical (unpaired) electrons. The van der Waals surface area contributed by atoms with Gasteiger partial charge in [0, 0.05) is 6.20 Å². The SMILES string of the molecule is O=C(O)ON1Cc2cccnc2C1. The lowest BCUT2D eigenvalue weighted by molar-refractivity contribution is -0.125. The van der Waals surface area contributed by atoms with Gasteiger partial charge in [-0.1, -0.05) is 6.07 Å². The second kappa shape index (κ2) is 3.02. The summed E-state index contributed by atoms with van der Waals surface area (Å²) in [4.78, 5) is 18.8. The standard InChI is InChI=1S/C8H8N2O3/c11-8(12)13-10-4-6-2-1-3-9-7(6)5-10/h1-3H,4-5H2,(H,11,12). The third-order valence-corrected chi connectivity index (χ3v) is 1.86. The van der Waals surface area contributed by atoms with Gasteiger partial charge in [-0.2, -0.15) is 0 Å². The van der Waals surface area contributed by atoms with E-state index in [2.05, 4.69) is 9.82 Å². The lowest BCUT2D eigenvalue weighted by Gasteiger charge is -2.09. The van der Waals surface area contributed by atoms with Gasteiger partial charge in [-0.25, -0.2) is 4.79 Å². The Labute approximate surface area is 74.5 Å². The maximum atomic E-state index is 10.2. The van der Waals surface area contributed by atoms with Crippen molar-refractivity contribution in [2.45, 2.75) is 13.1 Å². The molecular formula is C8H8N2O3. The summed E-state index contributed by atoms with van der Waals surface area (Å²) >= 11 is 0. The molecule has 0 saturated heterocycles. The predicted molar refractivity (Wildman–Crippen MR) is 42.6 cm³/mol. The van der Waals surface area contributed by atoms with Gasteiger partial charge < -0.3 is 9.94 Å². The second-order valence-corrected chi connectivity index (χ2v) is 2.76. The molecule has 2 rings (SSSR count). The van der Waals surface area contributed by atoms with Crippen LogP contribution in [0.2, 0.25) is 0 Å². The van der Waals surface area contributed by atoms with Crippen molar-refractivity contribution in [3.8, 4) is 0 Å². The van der Waals surface area contributed by atoms with Gasteiger partial charge in [-0.15, -0.1) is 5.06 Å². The van der Waals surface area contributed by atoms with Crippen LogP contribution in [0.15, 0.2) is 18.3 Å². The van der Waals surface area contributed by atoms with Crippen molar-refractivity contribution >= 4 is 6.16 Å². The molecule has 5 heteroatoms. The van der Waals surface area contributed by atoms with Crippen molar-refractivity contribution in [1.82, 2.24) is 10.0 Å². The summed E-state index contributed by atoms with van der Waals surface area (Å²) in [6.45, 7) is 0.915. The number of nitrogens with zero attached hydrogens (tertiary/aromatic N) is 2. The molecule has 0 atom stereocenters. The van der Waals surface area contributed by atoms with E-state index in [1.54, 1.807) is 6.20 Å². The first-order valence-corrected chi connectivity index (χ1v) is 3.84. The number of fused-ring (bicyclic) bond motifs is 1. The minimum absolute atomic E-state index is 0.433. The van der Waals surface area contributed by atoms with Gasteiger partial charge in [0.05, 0.1) is 18.8 Å². The summed E-state index contributed by atoms with van der Waals surface area (Å²) in [6, 6.07) is 3.73. The highest BCUT2D eigenvalue weighted by molar-refractivity contribution is 5.56. The molecule has 0 unspecified atom stereocenters. The monoisotopic (exact) mass is 180 g/mol. The maximum absolute atomic E-state index is 10.2. The van der Waals surface area contributed by atoms with Crippen LogP contribution in [0.4, 0.5) is 4.79 Å². The zero-order chi connectivity index (χ0) is 9.26. The van der Waals surface area contributed by atoms with Crippen molar-refractivity contribution in [3.63, 3.8) is 0 Å². The van der Waals surface area contributed by atoms with Crippen molar-refractivity contribution in [2.24, 2.45) is 0 Å². The van der Waals surface area contributed by atoms with Crippen LogP contribution in [-0.2, 0) is 17.9 Å². The minimum atomic E-state index is -1.28. The van der Waals surface area contributed by atoms with Gasteiger partial charge in [-0.05, 0) is 11.6 Å². The Morgan fingerprint density at radius 2 is 2.46 bits per heavy atom. The Morgan fingerprint density at radius 1 is 1.62 bits per heavy atom. The molecule has 1 aromatic rings. The fourth-order valence-corrected chi connectivity index (χ4v) is 1.35. The average molecular weight is 180 g/mol. The molecule has 1 aliphatic heterocycles. The third-order valence-electron chi connectivity index (χ3n) is 1.86. The normalized spacial score (nSPS) is 15.4. The molecule has 1 N–H and O–H groups in total. The first kappa shape index (κ1) is 8.00. The molecule has 0 amide bonds. The third kappa shape index (κ3) is 1.59. The molecule has 1 aliphatic rings. The van der Waals surface area contributed by atoms with Crippen LogP contribution in [0.25, 0.3) is 0 Å². The molecule has 13 heavy (non-hydrogen) atoms. The van der Waals surface area contributed by atoms with Gasteiger partial charge in [-0.3, -0.25) is 4.98 Å². The lowest BCUT2D eigenvalue weighted by atomic mass is 10.2. The fraction of sp³-hybridized carbons (Fsp3) is 0.250. The summed E-state index contributed by atoms with van der Waals surface area (Å²) in [6.07, 6.45) is 0.399. The zero-order valence-corrected chi connectivity index (χ0v) is 6.80. The van der Waals surface area contributed by atoms with E-state index in [1.165, 1.54) is 5.06 Å². The van der Waals surface area contributed by atoms with Gasteiger partial charge in [0.15, 0.2) is 0 Å². The first-order chi connectivity index (χ1) is 6.25. The predicted octanol–water partition coefficient (Wildman–Crippen LogP) is 1.01. The van der Waals surface area contributed by atoms with E-state index in [0.717, 1.165) is 11.3 Å². The molecule has 0 saturated carbocycles. The quantitative estimate of drug-likeness (QED) is 0.698. The molecule has 0 fully saturated rings. The molecule has 68 valence electrons. The molecule has 0 aliphatic carbocycles. The van der Waals surface area contributed by atoms with Crippen LogP contribution in [0.3, 0.4) is 0 Å². The lowest BCUT2D eigenvalue weighted by Crippen LogP contribution is -2.20. The number of pyridine rings is 1. The fourth-order valence-electron chi connectivity index (χ4n) is 1.35. The molecule has 0 aromatic carbocycles. The van der Waals surface area contributed by atoms with Gasteiger partial charge in [0.25, 0.3) is 0 Å². The van der Waals surface area contributed by atoms with Crippen LogP contribution in [0.5, 0.6) is 0 Å². The smallest absolute Gasteiger partial charge is 0.448 e. The largest absolute Gasteiger partial charge is 0.525 e. The van der Waals surface area contributed by atoms with Crippen molar-refractivity contribution in [3.05, 3.63) is 29.6 Å². The Kier molecular flexibility index (Phi) is 1.86. The molecule has 0 bridgehead atoms. The Hall–Kier alpha value is -1.62. The zero-order valence-electron chi connectivity index (χ0n) is 6.80. The van der Waals surface area contributed by atoms with E-state index in [1.807, 2.05) is 12.1 Å². The Morgan fingerprint density at radius 3 is 3.15 bits per heavy atom. The maximum Gasteiger partial charge on any atom is 0.525 e.